The van der Waals surface area contributed by atoms with Crippen LogP contribution in [0.25, 0.3) is 10.8 Å². The topological polar surface area (TPSA) is 55.7 Å². The van der Waals surface area contributed by atoms with Crippen LogP contribution in [0.15, 0.2) is 75.6 Å². The average molecular weight is 369 g/mol. The molecule has 0 aromatic heterocycles. The van der Waals surface area contributed by atoms with E-state index in [9.17, 15) is 8.42 Å². The number of benzene rings is 3. The van der Waals surface area contributed by atoms with Crippen LogP contribution in [0.4, 0.5) is 0 Å². The Kier molecular flexibility index (Phi) is 4.01. The highest BCUT2D eigenvalue weighted by Crippen LogP contribution is 2.36. The molecule has 25 heavy (non-hydrogen) atoms. The Labute approximate surface area is 150 Å². The fraction of sp³-hybridized carbons (Fsp3) is 0.105. The van der Waals surface area contributed by atoms with Gasteiger partial charge in [-0.05, 0) is 35.9 Å². The van der Waals surface area contributed by atoms with Crippen molar-refractivity contribution in [3.8, 4) is 0 Å². The van der Waals surface area contributed by atoms with E-state index in [4.69, 9.17) is 4.28 Å². The molecule has 4 rings (SSSR count). The van der Waals surface area contributed by atoms with Crippen LogP contribution in [-0.2, 0) is 14.4 Å². The van der Waals surface area contributed by atoms with Crippen LogP contribution in [0.3, 0.4) is 0 Å². The van der Waals surface area contributed by atoms with Gasteiger partial charge in [-0.1, -0.05) is 53.2 Å². The highest BCUT2D eigenvalue weighted by molar-refractivity contribution is 8.00. The summed E-state index contributed by atoms with van der Waals surface area (Å²) in [6, 6.07) is 18.6. The smallest absolute Gasteiger partial charge is 0.264 e. The summed E-state index contributed by atoms with van der Waals surface area (Å²) in [5, 5.41) is 6.14. The molecule has 0 amide bonds. The molecule has 1 aliphatic rings. The lowest BCUT2D eigenvalue weighted by atomic mass is 10.0. The highest BCUT2D eigenvalue weighted by atomic mass is 32.2. The van der Waals surface area contributed by atoms with E-state index in [1.165, 1.54) is 12.1 Å². The van der Waals surface area contributed by atoms with Gasteiger partial charge in [0.1, 0.15) is 10.6 Å². The van der Waals surface area contributed by atoms with Crippen molar-refractivity contribution in [2.24, 2.45) is 5.16 Å². The van der Waals surface area contributed by atoms with E-state index in [2.05, 4.69) is 11.2 Å². The van der Waals surface area contributed by atoms with Crippen LogP contribution in [-0.4, -0.2) is 19.9 Å². The fourth-order valence-corrected chi connectivity index (χ4v) is 4.57. The molecule has 3 aromatic rings. The van der Waals surface area contributed by atoms with E-state index < -0.39 is 10.1 Å². The molecule has 0 N–H and O–H groups in total. The number of aryl methyl sites for hydroxylation is 1. The van der Waals surface area contributed by atoms with Crippen molar-refractivity contribution in [1.82, 2.24) is 0 Å². The molecule has 0 saturated carbocycles. The predicted octanol–water partition coefficient (Wildman–Crippen LogP) is 4.36. The van der Waals surface area contributed by atoms with Gasteiger partial charge >= 0.3 is 10.1 Å². The molecule has 0 saturated heterocycles. The molecule has 1 heterocycles. The third-order valence-corrected chi connectivity index (χ3v) is 6.29. The summed E-state index contributed by atoms with van der Waals surface area (Å²) in [6.45, 7) is 1.90. The van der Waals surface area contributed by atoms with Gasteiger partial charge in [0.25, 0.3) is 0 Å². The van der Waals surface area contributed by atoms with Crippen molar-refractivity contribution >= 4 is 38.4 Å². The van der Waals surface area contributed by atoms with E-state index in [-0.39, 0.29) is 4.90 Å². The first-order valence-corrected chi connectivity index (χ1v) is 10.2. The van der Waals surface area contributed by atoms with Gasteiger partial charge in [0, 0.05) is 16.2 Å². The number of rotatable bonds is 3. The van der Waals surface area contributed by atoms with Gasteiger partial charge in [-0.2, -0.15) is 8.42 Å². The first-order chi connectivity index (χ1) is 12.0. The maximum atomic E-state index is 12.3. The van der Waals surface area contributed by atoms with Crippen LogP contribution in [0.5, 0.6) is 0 Å². The normalized spacial score (nSPS) is 15.5. The Hall–Kier alpha value is -2.31. The van der Waals surface area contributed by atoms with E-state index in [0.717, 1.165) is 26.8 Å². The molecular weight excluding hydrogens is 354 g/mol. The first kappa shape index (κ1) is 16.2. The standard InChI is InChI=1S/C19H15NO3S2/c1-13-6-9-15(10-7-13)25(21,22)23-20-17-12-24-18-11-8-14-4-2-3-5-16(14)19(17)18/h2-11H,12H2,1H3/b20-17+. The van der Waals surface area contributed by atoms with Gasteiger partial charge in [0.15, 0.2) is 0 Å². The molecule has 0 bridgehead atoms. The predicted molar refractivity (Wildman–Crippen MR) is 101 cm³/mol. The maximum absolute atomic E-state index is 12.3. The second-order valence-corrected chi connectivity index (χ2v) is 8.37. The van der Waals surface area contributed by atoms with Gasteiger partial charge in [-0.3, -0.25) is 4.28 Å². The maximum Gasteiger partial charge on any atom is 0.358 e. The molecule has 0 atom stereocenters. The largest absolute Gasteiger partial charge is 0.358 e. The Morgan fingerprint density at radius 1 is 1.00 bits per heavy atom. The van der Waals surface area contributed by atoms with Gasteiger partial charge in [-0.15, -0.1) is 11.8 Å². The summed E-state index contributed by atoms with van der Waals surface area (Å²) in [5.74, 6) is 0.590. The minimum atomic E-state index is -3.92. The Morgan fingerprint density at radius 3 is 2.56 bits per heavy atom. The fourth-order valence-electron chi connectivity index (χ4n) is 2.80. The minimum absolute atomic E-state index is 0.103. The molecule has 126 valence electrons. The Bertz CT molecular complexity index is 1090. The minimum Gasteiger partial charge on any atom is -0.264 e. The molecule has 0 spiro atoms. The SMILES string of the molecule is Cc1ccc(S(=O)(=O)O/N=C2\CSc3ccc4ccccc4c32)cc1. The molecular formula is C19H15NO3S2. The van der Waals surface area contributed by atoms with Crippen molar-refractivity contribution in [1.29, 1.82) is 0 Å². The first-order valence-electron chi connectivity index (χ1n) is 7.77. The van der Waals surface area contributed by atoms with Crippen molar-refractivity contribution in [2.75, 3.05) is 5.75 Å². The van der Waals surface area contributed by atoms with E-state index in [0.29, 0.717) is 11.5 Å². The van der Waals surface area contributed by atoms with Gasteiger partial charge < -0.3 is 0 Å². The lowest BCUT2D eigenvalue weighted by Crippen LogP contribution is -2.07. The van der Waals surface area contributed by atoms with E-state index >= 15 is 0 Å². The molecule has 0 aliphatic carbocycles. The number of thioether (sulfide) groups is 1. The number of oxime groups is 1. The summed E-state index contributed by atoms with van der Waals surface area (Å²) in [5.41, 5.74) is 2.59. The summed E-state index contributed by atoms with van der Waals surface area (Å²) in [4.78, 5) is 1.19. The Morgan fingerprint density at radius 2 is 1.76 bits per heavy atom. The zero-order valence-electron chi connectivity index (χ0n) is 13.5. The molecule has 6 heteroatoms. The second-order valence-electron chi connectivity index (χ2n) is 5.83. The molecule has 0 radical (unpaired) electrons. The molecule has 0 unspecified atom stereocenters. The highest BCUT2D eigenvalue weighted by Gasteiger charge is 2.23. The average Bonchev–Trinajstić information content (AvgIpc) is 3.04. The molecule has 1 aliphatic heterocycles. The zero-order chi connectivity index (χ0) is 17.4. The number of hydrogen-bond donors (Lipinski definition) is 0. The molecule has 3 aromatic carbocycles. The van der Waals surface area contributed by atoms with Crippen molar-refractivity contribution in [3.63, 3.8) is 0 Å². The number of hydrogen-bond acceptors (Lipinski definition) is 5. The summed E-state index contributed by atoms with van der Waals surface area (Å²) >= 11 is 1.63. The van der Waals surface area contributed by atoms with Gasteiger partial charge in [0.05, 0.1) is 0 Å². The monoisotopic (exact) mass is 369 g/mol. The lowest BCUT2D eigenvalue weighted by Gasteiger charge is -2.06. The molecule has 4 nitrogen and oxygen atoms in total. The van der Waals surface area contributed by atoms with Gasteiger partial charge in [0.2, 0.25) is 0 Å². The third-order valence-electron chi connectivity index (χ3n) is 4.10. The van der Waals surface area contributed by atoms with E-state index in [1.54, 1.807) is 23.9 Å². The third kappa shape index (κ3) is 3.03. The summed E-state index contributed by atoms with van der Waals surface area (Å²) in [7, 11) is -3.92. The summed E-state index contributed by atoms with van der Waals surface area (Å²) in [6.07, 6.45) is 0. The van der Waals surface area contributed by atoms with Crippen molar-refractivity contribution in [3.05, 3.63) is 71.8 Å². The van der Waals surface area contributed by atoms with Crippen molar-refractivity contribution in [2.45, 2.75) is 16.7 Å². The quantitative estimate of drug-likeness (QED) is 0.644. The van der Waals surface area contributed by atoms with Crippen LogP contribution in [0.1, 0.15) is 11.1 Å². The van der Waals surface area contributed by atoms with Gasteiger partial charge in [-0.25, -0.2) is 0 Å². The number of fused-ring (bicyclic) bond motifs is 3. The van der Waals surface area contributed by atoms with Crippen LogP contribution >= 0.6 is 11.8 Å². The van der Waals surface area contributed by atoms with Crippen LogP contribution < -0.4 is 0 Å². The number of nitrogens with zero attached hydrogens (tertiary/aromatic N) is 1. The van der Waals surface area contributed by atoms with Crippen molar-refractivity contribution < 1.29 is 12.7 Å². The van der Waals surface area contributed by atoms with Crippen LogP contribution in [0, 0.1) is 6.92 Å². The second kappa shape index (κ2) is 6.20. The zero-order valence-corrected chi connectivity index (χ0v) is 15.1. The van der Waals surface area contributed by atoms with E-state index in [1.807, 2.05) is 37.3 Å². The van der Waals surface area contributed by atoms with Crippen LogP contribution in [0.2, 0.25) is 0 Å². The lowest BCUT2D eigenvalue weighted by molar-refractivity contribution is 0.339. The molecule has 0 fully saturated rings. The Balaban J connectivity index is 1.71. The summed E-state index contributed by atoms with van der Waals surface area (Å²) < 4.78 is 29.7.